The van der Waals surface area contributed by atoms with Crippen molar-refractivity contribution >= 4 is 17.8 Å². The van der Waals surface area contributed by atoms with Gasteiger partial charge in [-0.1, -0.05) is 30.3 Å². The molecule has 182 valence electrons. The minimum Gasteiger partial charge on any atom is -0.334 e. The second-order valence-corrected chi connectivity index (χ2v) is 10.2. The first-order valence-electron chi connectivity index (χ1n) is 12.4. The van der Waals surface area contributed by atoms with Crippen LogP contribution in [-0.4, -0.2) is 103 Å². The lowest BCUT2D eigenvalue weighted by Gasteiger charge is -2.40. The van der Waals surface area contributed by atoms with E-state index in [1.54, 1.807) is 0 Å². The van der Waals surface area contributed by atoms with E-state index in [9.17, 15) is 4.79 Å². The van der Waals surface area contributed by atoms with Gasteiger partial charge in [0, 0.05) is 57.3 Å². The van der Waals surface area contributed by atoms with Crippen molar-refractivity contribution in [1.82, 2.24) is 25.4 Å². The van der Waals surface area contributed by atoms with E-state index in [1.807, 2.05) is 23.1 Å². The summed E-state index contributed by atoms with van der Waals surface area (Å²) in [4.78, 5) is 29.5. The Balaban J connectivity index is 1.40. The molecule has 34 heavy (non-hydrogen) atoms. The van der Waals surface area contributed by atoms with Crippen LogP contribution in [0.2, 0.25) is 0 Å². The van der Waals surface area contributed by atoms with Crippen LogP contribution in [0.5, 0.6) is 0 Å². The summed E-state index contributed by atoms with van der Waals surface area (Å²) in [5.74, 6) is 1.87. The van der Waals surface area contributed by atoms with Crippen LogP contribution in [0.4, 0.5) is 0 Å². The quantitative estimate of drug-likeness (QED) is 0.613. The van der Waals surface area contributed by atoms with Crippen molar-refractivity contribution in [2.75, 3.05) is 59.9 Å². The maximum atomic E-state index is 13.0. The van der Waals surface area contributed by atoms with E-state index in [2.05, 4.69) is 53.7 Å². The summed E-state index contributed by atoms with van der Waals surface area (Å²) in [7, 11) is 4.23. The van der Waals surface area contributed by atoms with Gasteiger partial charge in [0.05, 0.1) is 12.1 Å². The molecule has 1 saturated heterocycles. The number of rotatable bonds is 6. The largest absolute Gasteiger partial charge is 0.358 e. The fraction of sp³-hybridized carbons (Fsp3) is 0.560. The van der Waals surface area contributed by atoms with Gasteiger partial charge in [-0.25, -0.2) is 0 Å². The lowest BCUT2D eigenvalue weighted by molar-refractivity contribution is -0.870. The van der Waals surface area contributed by atoms with Crippen LogP contribution in [0.1, 0.15) is 25.3 Å². The predicted molar refractivity (Wildman–Crippen MR) is 134 cm³/mol. The van der Waals surface area contributed by atoms with E-state index in [4.69, 9.17) is 9.98 Å². The monoisotopic (exact) mass is 465 g/mol. The molecule has 1 aromatic rings. The molecule has 2 N–H and O–H groups in total. The average molecular weight is 466 g/mol. The highest BCUT2D eigenvalue weighted by molar-refractivity contribution is 5.97. The fourth-order valence-electron chi connectivity index (χ4n) is 5.31. The minimum atomic E-state index is 0.144. The summed E-state index contributed by atoms with van der Waals surface area (Å²) in [6.45, 7) is 9.06. The summed E-state index contributed by atoms with van der Waals surface area (Å²) < 4.78 is 0.548. The van der Waals surface area contributed by atoms with Gasteiger partial charge in [0.25, 0.3) is 5.96 Å². The summed E-state index contributed by atoms with van der Waals surface area (Å²) in [6.07, 6.45) is 1.40. The number of nitrogens with zero attached hydrogens (tertiary/aromatic N) is 6. The predicted octanol–water partition coefficient (Wildman–Crippen LogP) is 0.979. The van der Waals surface area contributed by atoms with Crippen molar-refractivity contribution in [3.63, 3.8) is 0 Å². The number of quaternary nitrogens is 1. The van der Waals surface area contributed by atoms with Crippen LogP contribution in [0.15, 0.2) is 51.6 Å². The van der Waals surface area contributed by atoms with Gasteiger partial charge in [-0.05, 0) is 26.6 Å². The number of aliphatic imine (C=N–C) groups is 2. The van der Waals surface area contributed by atoms with Crippen LogP contribution < -0.4 is 10.7 Å². The fourth-order valence-corrected chi connectivity index (χ4v) is 5.31. The van der Waals surface area contributed by atoms with Crippen molar-refractivity contribution in [2.24, 2.45) is 9.98 Å². The van der Waals surface area contributed by atoms with E-state index >= 15 is 0 Å². The Hall–Kier alpha value is -2.75. The highest BCUT2D eigenvalue weighted by Crippen LogP contribution is 2.32. The van der Waals surface area contributed by atoms with Crippen LogP contribution in [-0.2, 0) is 11.3 Å². The Labute approximate surface area is 202 Å². The smallest absolute Gasteiger partial charge is 0.334 e. The highest BCUT2D eigenvalue weighted by Gasteiger charge is 2.49. The number of guanidine groups is 2. The Kier molecular flexibility index (Phi) is 6.42. The number of nitrogens with one attached hydrogen (secondary N) is 2. The van der Waals surface area contributed by atoms with Crippen LogP contribution in [0, 0.1) is 0 Å². The molecule has 0 bridgehead atoms. The maximum Gasteiger partial charge on any atom is 0.358 e. The molecule has 0 aliphatic carbocycles. The summed E-state index contributed by atoms with van der Waals surface area (Å²) >= 11 is 0. The number of carbonyl (C=O) groups excluding carboxylic acids is 1. The molecule has 2 unspecified atom stereocenters. The molecule has 1 amide bonds. The molecule has 4 aliphatic heterocycles. The number of hydrogen-bond acceptors (Lipinski definition) is 7. The van der Waals surface area contributed by atoms with E-state index in [-0.39, 0.29) is 5.91 Å². The average Bonchev–Trinajstić information content (AvgIpc) is 3.17. The van der Waals surface area contributed by atoms with Gasteiger partial charge in [0.2, 0.25) is 5.91 Å². The van der Waals surface area contributed by atoms with Crippen molar-refractivity contribution in [3.8, 4) is 0 Å². The second kappa shape index (κ2) is 9.48. The van der Waals surface area contributed by atoms with Crippen molar-refractivity contribution in [2.45, 2.75) is 32.4 Å². The van der Waals surface area contributed by atoms with E-state index in [0.717, 1.165) is 68.9 Å². The Morgan fingerprint density at radius 2 is 2.03 bits per heavy atom. The summed E-state index contributed by atoms with van der Waals surface area (Å²) in [6, 6.07) is 10.6. The van der Waals surface area contributed by atoms with Crippen LogP contribution >= 0.6 is 0 Å². The maximum absolute atomic E-state index is 13.0. The zero-order chi connectivity index (χ0) is 23.7. The highest BCUT2D eigenvalue weighted by atomic mass is 16.2. The zero-order valence-corrected chi connectivity index (χ0v) is 20.6. The molecule has 1 fully saturated rings. The molecule has 0 spiro atoms. The standard InChI is InChI=1S/C25H37N8O/c1-19-15-26-10-12-32(19)24-28-25-27-22-14-23(34)31(16-20-8-5-4-6-9-20)17-21(22)18-33(25,29-24)13-7-11-30(2)3/h4-6,8-9,19,26H,7,10-18H2,1-3H3,(H,27,28,29)/q+1. The first kappa shape index (κ1) is 23.0. The molecule has 4 heterocycles. The molecule has 1 aromatic carbocycles. The number of amides is 1. The van der Waals surface area contributed by atoms with Gasteiger partial charge in [0.1, 0.15) is 13.1 Å². The van der Waals surface area contributed by atoms with Gasteiger partial charge in [-0.2, -0.15) is 15.0 Å². The zero-order valence-electron chi connectivity index (χ0n) is 20.6. The topological polar surface area (TPSA) is 75.6 Å². The summed E-state index contributed by atoms with van der Waals surface area (Å²) in [5, 5.41) is 3.46. The molecule has 5 rings (SSSR count). The van der Waals surface area contributed by atoms with Crippen molar-refractivity contribution < 1.29 is 9.39 Å². The third kappa shape index (κ3) is 4.60. The van der Waals surface area contributed by atoms with Crippen LogP contribution in [0.3, 0.4) is 0 Å². The first-order chi connectivity index (χ1) is 16.4. The number of fused-ring (bicyclic) bond motifs is 1. The van der Waals surface area contributed by atoms with Crippen molar-refractivity contribution in [3.05, 3.63) is 47.2 Å². The molecule has 4 aliphatic rings. The molecular formula is C25H37N8O+. The molecule has 0 aromatic heterocycles. The van der Waals surface area contributed by atoms with Gasteiger partial charge >= 0.3 is 5.96 Å². The third-order valence-electron chi connectivity index (χ3n) is 7.19. The lowest BCUT2D eigenvalue weighted by Crippen LogP contribution is -2.65. The normalized spacial score (nSPS) is 26.8. The Bertz CT molecular complexity index is 1020. The number of piperazine rings is 1. The number of hydrogen-bond donors (Lipinski definition) is 2. The van der Waals surface area contributed by atoms with E-state index in [1.165, 1.54) is 5.57 Å². The Morgan fingerprint density at radius 3 is 2.79 bits per heavy atom. The van der Waals surface area contributed by atoms with E-state index < -0.39 is 0 Å². The number of carbonyl (C=O) groups is 1. The SMILES string of the molecule is CC1CNCCN1C1=NC2=NC3=C(CN(Cc4ccccc4)C(=O)C3)C[N+]2(CCCN(C)C)N1. The lowest BCUT2D eigenvalue weighted by atomic mass is 10.0. The van der Waals surface area contributed by atoms with Crippen molar-refractivity contribution in [1.29, 1.82) is 0 Å². The van der Waals surface area contributed by atoms with Gasteiger partial charge < -0.3 is 20.0 Å². The molecule has 9 heteroatoms. The minimum absolute atomic E-state index is 0.144. The van der Waals surface area contributed by atoms with Gasteiger partial charge in [-0.3, -0.25) is 4.79 Å². The molecule has 0 saturated carbocycles. The molecule has 9 nitrogen and oxygen atoms in total. The second-order valence-electron chi connectivity index (χ2n) is 10.2. The Morgan fingerprint density at radius 1 is 1.21 bits per heavy atom. The third-order valence-corrected chi connectivity index (χ3v) is 7.19. The first-order valence-corrected chi connectivity index (χ1v) is 12.4. The molecule has 0 radical (unpaired) electrons. The summed E-state index contributed by atoms with van der Waals surface area (Å²) in [5.41, 5.74) is 7.12. The molecule has 2 atom stereocenters. The number of benzene rings is 1. The van der Waals surface area contributed by atoms with E-state index in [0.29, 0.717) is 30.1 Å². The van der Waals surface area contributed by atoms with Gasteiger partial charge in [0.15, 0.2) is 0 Å². The molecular weight excluding hydrogens is 428 g/mol. The van der Waals surface area contributed by atoms with Crippen LogP contribution in [0.25, 0.3) is 0 Å². The van der Waals surface area contributed by atoms with Gasteiger partial charge in [-0.15, -0.1) is 4.99 Å².